The topological polar surface area (TPSA) is 69.1 Å². The number of primary amides is 1. The molecule has 0 fully saturated rings. The molecule has 0 saturated heterocycles. The van der Waals surface area contributed by atoms with Crippen LogP contribution < -0.4 is 11.5 Å². The molecular formula is C4H5Cl3N2O. The van der Waals surface area contributed by atoms with Gasteiger partial charge in [0.1, 0.15) is 0 Å². The molecule has 0 unspecified atom stereocenters. The predicted molar refractivity (Wildman–Crippen MR) is 41.8 cm³/mol. The number of allylic oxidation sites excluding steroid dienone is 1. The van der Waals surface area contributed by atoms with Crippen molar-refractivity contribution in [1.82, 2.24) is 0 Å². The van der Waals surface area contributed by atoms with Crippen molar-refractivity contribution in [2.45, 2.75) is 3.79 Å². The first-order valence-electron chi connectivity index (χ1n) is 2.18. The monoisotopic (exact) mass is 202 g/mol. The molecule has 0 rings (SSSR count). The SMILES string of the molecule is NC(=O)C=C(N)C(Cl)(Cl)Cl. The Labute approximate surface area is 72.9 Å². The summed E-state index contributed by atoms with van der Waals surface area (Å²) >= 11 is 15.8. The number of carbonyl (C=O) groups is 1. The van der Waals surface area contributed by atoms with Crippen LogP contribution in [0.1, 0.15) is 0 Å². The molecule has 10 heavy (non-hydrogen) atoms. The van der Waals surface area contributed by atoms with Crippen LogP contribution in [0.25, 0.3) is 0 Å². The van der Waals surface area contributed by atoms with Gasteiger partial charge < -0.3 is 11.5 Å². The third kappa shape index (κ3) is 3.82. The van der Waals surface area contributed by atoms with Gasteiger partial charge >= 0.3 is 0 Å². The van der Waals surface area contributed by atoms with Gasteiger partial charge in [-0.2, -0.15) is 0 Å². The minimum absolute atomic E-state index is 0.190. The Morgan fingerprint density at radius 1 is 1.30 bits per heavy atom. The summed E-state index contributed by atoms with van der Waals surface area (Å²) in [5.74, 6) is -0.746. The molecule has 4 N–H and O–H groups in total. The van der Waals surface area contributed by atoms with Crippen molar-refractivity contribution in [2.75, 3.05) is 0 Å². The molecule has 0 aliphatic rings. The van der Waals surface area contributed by atoms with Crippen LogP contribution in [0.5, 0.6) is 0 Å². The largest absolute Gasteiger partial charge is 0.398 e. The minimum Gasteiger partial charge on any atom is -0.398 e. The number of hydrogen-bond acceptors (Lipinski definition) is 2. The summed E-state index contributed by atoms with van der Waals surface area (Å²) in [5.41, 5.74) is 9.65. The van der Waals surface area contributed by atoms with Crippen LogP contribution in [0.2, 0.25) is 0 Å². The van der Waals surface area contributed by atoms with E-state index in [0.29, 0.717) is 0 Å². The third-order valence-corrected chi connectivity index (χ3v) is 1.28. The Hall–Kier alpha value is -0.120. The lowest BCUT2D eigenvalue weighted by atomic mass is 10.4. The molecule has 6 heteroatoms. The maximum absolute atomic E-state index is 10.1. The lowest BCUT2D eigenvalue weighted by Gasteiger charge is -2.09. The van der Waals surface area contributed by atoms with Crippen LogP contribution in [0.4, 0.5) is 0 Å². The average Bonchev–Trinajstić information content (AvgIpc) is 1.60. The van der Waals surface area contributed by atoms with Crippen molar-refractivity contribution in [3.8, 4) is 0 Å². The smallest absolute Gasteiger partial charge is 0.243 e. The lowest BCUT2D eigenvalue weighted by molar-refractivity contribution is -0.113. The van der Waals surface area contributed by atoms with Gasteiger partial charge in [-0.05, 0) is 0 Å². The summed E-state index contributed by atoms with van der Waals surface area (Å²) in [6.45, 7) is 0. The summed E-state index contributed by atoms with van der Waals surface area (Å²) in [5, 5.41) is 0. The molecule has 0 spiro atoms. The maximum Gasteiger partial charge on any atom is 0.243 e. The van der Waals surface area contributed by atoms with Gasteiger partial charge in [0.25, 0.3) is 0 Å². The second-order valence-corrected chi connectivity index (χ2v) is 3.78. The van der Waals surface area contributed by atoms with Gasteiger partial charge in [0, 0.05) is 6.08 Å². The fourth-order valence-corrected chi connectivity index (χ4v) is 0.399. The van der Waals surface area contributed by atoms with E-state index in [1.54, 1.807) is 0 Å². The molecule has 1 amide bonds. The Morgan fingerprint density at radius 3 is 1.80 bits per heavy atom. The van der Waals surface area contributed by atoms with E-state index in [-0.39, 0.29) is 5.70 Å². The van der Waals surface area contributed by atoms with Gasteiger partial charge in [-0.15, -0.1) is 0 Å². The summed E-state index contributed by atoms with van der Waals surface area (Å²) < 4.78 is -1.75. The average molecular weight is 203 g/mol. The van der Waals surface area contributed by atoms with Crippen LogP contribution in [-0.2, 0) is 4.79 Å². The number of alkyl halides is 3. The van der Waals surface area contributed by atoms with Gasteiger partial charge in [0.15, 0.2) is 0 Å². The van der Waals surface area contributed by atoms with Crippen LogP contribution in [0.15, 0.2) is 11.8 Å². The normalized spacial score (nSPS) is 13.3. The van der Waals surface area contributed by atoms with Gasteiger partial charge in [0.05, 0.1) is 5.70 Å². The molecule has 58 valence electrons. The molecule has 0 aromatic carbocycles. The Balaban J connectivity index is 4.35. The number of amides is 1. The number of halogens is 3. The number of hydrogen-bond donors (Lipinski definition) is 2. The molecule has 0 heterocycles. The Bertz CT molecular complexity index is 172. The molecule has 3 nitrogen and oxygen atoms in total. The first-order chi connectivity index (χ1) is 4.34. The standard InChI is InChI=1S/C4H5Cl3N2O/c5-4(6,7)2(8)1-3(9)10/h1H,8H2,(H2,9,10). The molecule has 0 aromatic rings. The van der Waals surface area contributed by atoms with E-state index in [1.165, 1.54) is 0 Å². The van der Waals surface area contributed by atoms with Gasteiger partial charge in [-0.25, -0.2) is 0 Å². The molecule has 0 saturated carbocycles. The highest BCUT2D eigenvalue weighted by Crippen LogP contribution is 2.31. The second-order valence-electron chi connectivity index (χ2n) is 1.50. The molecule has 0 aliphatic carbocycles. The summed E-state index contributed by atoms with van der Waals surface area (Å²) in [4.78, 5) is 10.1. The van der Waals surface area contributed by atoms with E-state index in [4.69, 9.17) is 46.3 Å². The third-order valence-electron chi connectivity index (χ3n) is 0.625. The summed E-state index contributed by atoms with van der Waals surface area (Å²) in [7, 11) is 0. The molecule has 0 aromatic heterocycles. The molecule has 0 atom stereocenters. The highest BCUT2D eigenvalue weighted by Gasteiger charge is 2.23. The summed E-state index contributed by atoms with van der Waals surface area (Å²) in [6.07, 6.45) is 0.854. The maximum atomic E-state index is 10.1. The zero-order valence-corrected chi connectivity index (χ0v) is 7.04. The summed E-state index contributed by atoms with van der Waals surface area (Å²) in [6, 6.07) is 0. The zero-order valence-electron chi connectivity index (χ0n) is 4.77. The first kappa shape index (κ1) is 9.88. The fraction of sp³-hybridized carbons (Fsp3) is 0.250. The van der Waals surface area contributed by atoms with E-state index < -0.39 is 9.70 Å². The number of rotatable bonds is 1. The molecule has 0 bridgehead atoms. The van der Waals surface area contributed by atoms with Crippen LogP contribution in [-0.4, -0.2) is 9.70 Å². The fourth-order valence-electron chi connectivity index (χ4n) is 0.235. The second kappa shape index (κ2) is 3.32. The van der Waals surface area contributed by atoms with Gasteiger partial charge in [-0.3, -0.25) is 4.79 Å². The zero-order chi connectivity index (χ0) is 8.36. The van der Waals surface area contributed by atoms with Crippen LogP contribution in [0, 0.1) is 0 Å². The molecule has 0 radical (unpaired) electrons. The Kier molecular flexibility index (Phi) is 3.28. The van der Waals surface area contributed by atoms with Crippen molar-refractivity contribution < 1.29 is 4.79 Å². The minimum atomic E-state index is -1.75. The van der Waals surface area contributed by atoms with E-state index >= 15 is 0 Å². The van der Waals surface area contributed by atoms with Crippen molar-refractivity contribution in [3.05, 3.63) is 11.8 Å². The highest BCUT2D eigenvalue weighted by atomic mass is 35.6. The van der Waals surface area contributed by atoms with E-state index in [2.05, 4.69) is 0 Å². The number of carbonyl (C=O) groups excluding carboxylic acids is 1. The van der Waals surface area contributed by atoms with Crippen molar-refractivity contribution >= 4 is 40.7 Å². The van der Waals surface area contributed by atoms with E-state index in [1.807, 2.05) is 0 Å². The molecular weight excluding hydrogens is 198 g/mol. The van der Waals surface area contributed by atoms with Crippen LogP contribution >= 0.6 is 34.8 Å². The molecule has 0 aliphatic heterocycles. The van der Waals surface area contributed by atoms with E-state index in [0.717, 1.165) is 6.08 Å². The highest BCUT2D eigenvalue weighted by molar-refractivity contribution is 6.69. The van der Waals surface area contributed by atoms with Gasteiger partial charge in [0.2, 0.25) is 9.70 Å². The lowest BCUT2D eigenvalue weighted by Crippen LogP contribution is -2.19. The predicted octanol–water partition coefficient (Wildman–Crippen LogP) is 0.685. The first-order valence-corrected chi connectivity index (χ1v) is 3.31. The Morgan fingerprint density at radius 2 is 1.70 bits per heavy atom. The van der Waals surface area contributed by atoms with Crippen molar-refractivity contribution in [2.24, 2.45) is 11.5 Å². The van der Waals surface area contributed by atoms with Crippen LogP contribution in [0.3, 0.4) is 0 Å². The van der Waals surface area contributed by atoms with Crippen molar-refractivity contribution in [1.29, 1.82) is 0 Å². The quantitative estimate of drug-likeness (QED) is 0.486. The number of nitrogens with two attached hydrogens (primary N) is 2. The van der Waals surface area contributed by atoms with E-state index in [9.17, 15) is 4.79 Å². The van der Waals surface area contributed by atoms with Crippen molar-refractivity contribution in [3.63, 3.8) is 0 Å². The van der Waals surface area contributed by atoms with Gasteiger partial charge in [-0.1, -0.05) is 34.8 Å².